The summed E-state index contributed by atoms with van der Waals surface area (Å²) in [7, 11) is 0. The van der Waals surface area contributed by atoms with E-state index in [4.69, 9.17) is 4.98 Å². The molecule has 0 aliphatic carbocycles. The van der Waals surface area contributed by atoms with Gasteiger partial charge in [-0.05, 0) is 55.2 Å². The smallest absolute Gasteiger partial charge is 0.256 e. The van der Waals surface area contributed by atoms with Gasteiger partial charge in [0.25, 0.3) is 5.91 Å². The molecule has 0 fully saturated rings. The number of carbonyl (C=O) groups is 1. The zero-order chi connectivity index (χ0) is 22.0. The molecule has 3 aromatic carbocycles. The van der Waals surface area contributed by atoms with E-state index in [1.807, 2.05) is 54.6 Å². The molecule has 1 N–H and O–H groups in total. The zero-order valence-electron chi connectivity index (χ0n) is 17.9. The molecule has 1 amide bonds. The number of hydrogen-bond acceptors (Lipinski definition) is 2. The SMILES string of the molecule is CCC(C)c1ccccc1NC(=O)c1cc(-c2ccc(C)cc2)nc2ccc(Br)cc12. The van der Waals surface area contributed by atoms with Gasteiger partial charge in [0.1, 0.15) is 0 Å². The van der Waals surface area contributed by atoms with Gasteiger partial charge in [-0.3, -0.25) is 4.79 Å². The summed E-state index contributed by atoms with van der Waals surface area (Å²) in [6.07, 6.45) is 1.01. The normalized spacial score (nSPS) is 12.0. The average molecular weight is 473 g/mol. The van der Waals surface area contributed by atoms with Crippen LogP contribution >= 0.6 is 15.9 Å². The molecule has 0 saturated carbocycles. The number of pyridine rings is 1. The van der Waals surface area contributed by atoms with Crippen molar-refractivity contribution in [1.82, 2.24) is 4.98 Å². The van der Waals surface area contributed by atoms with Crippen LogP contribution in [0.15, 0.2) is 77.3 Å². The molecule has 0 bridgehead atoms. The minimum absolute atomic E-state index is 0.130. The number of aryl methyl sites for hydroxylation is 1. The summed E-state index contributed by atoms with van der Waals surface area (Å²) < 4.78 is 0.916. The van der Waals surface area contributed by atoms with Gasteiger partial charge >= 0.3 is 0 Å². The molecule has 31 heavy (non-hydrogen) atoms. The third-order valence-electron chi connectivity index (χ3n) is 5.71. The van der Waals surface area contributed by atoms with Gasteiger partial charge in [0.05, 0.1) is 16.8 Å². The van der Waals surface area contributed by atoms with Gasteiger partial charge in [0.2, 0.25) is 0 Å². The molecule has 0 spiro atoms. The summed E-state index contributed by atoms with van der Waals surface area (Å²) in [6.45, 7) is 6.40. The van der Waals surface area contributed by atoms with E-state index in [0.29, 0.717) is 11.5 Å². The highest BCUT2D eigenvalue weighted by molar-refractivity contribution is 9.10. The molecule has 1 heterocycles. The fraction of sp³-hybridized carbons (Fsp3) is 0.185. The van der Waals surface area contributed by atoms with Crippen LogP contribution in [-0.2, 0) is 0 Å². The first-order valence-corrected chi connectivity index (χ1v) is 11.3. The molecule has 1 atom stereocenters. The molecule has 4 rings (SSSR count). The molecule has 0 aliphatic heterocycles. The maximum Gasteiger partial charge on any atom is 0.256 e. The summed E-state index contributed by atoms with van der Waals surface area (Å²) >= 11 is 3.53. The number of anilines is 1. The Hall–Kier alpha value is -2.98. The van der Waals surface area contributed by atoms with E-state index >= 15 is 0 Å². The van der Waals surface area contributed by atoms with Crippen molar-refractivity contribution in [2.45, 2.75) is 33.1 Å². The van der Waals surface area contributed by atoms with Crippen LogP contribution in [0.2, 0.25) is 0 Å². The van der Waals surface area contributed by atoms with Crippen LogP contribution in [0.5, 0.6) is 0 Å². The third kappa shape index (κ3) is 4.54. The summed E-state index contributed by atoms with van der Waals surface area (Å²) in [4.78, 5) is 18.3. The number of amides is 1. The van der Waals surface area contributed by atoms with E-state index in [0.717, 1.165) is 44.3 Å². The van der Waals surface area contributed by atoms with Crippen LogP contribution in [0.4, 0.5) is 5.69 Å². The van der Waals surface area contributed by atoms with Crippen LogP contribution in [0, 0.1) is 6.92 Å². The predicted molar refractivity (Wildman–Crippen MR) is 133 cm³/mol. The summed E-state index contributed by atoms with van der Waals surface area (Å²) in [5.74, 6) is 0.234. The highest BCUT2D eigenvalue weighted by atomic mass is 79.9. The van der Waals surface area contributed by atoms with E-state index in [2.05, 4.69) is 60.2 Å². The number of para-hydroxylation sites is 1. The molecule has 4 aromatic rings. The first-order valence-electron chi connectivity index (χ1n) is 10.5. The Morgan fingerprint density at radius 2 is 1.77 bits per heavy atom. The van der Waals surface area contributed by atoms with Crippen molar-refractivity contribution in [2.75, 3.05) is 5.32 Å². The monoisotopic (exact) mass is 472 g/mol. The van der Waals surface area contributed by atoms with Crippen molar-refractivity contribution >= 4 is 38.4 Å². The Kier molecular flexibility index (Phi) is 6.19. The van der Waals surface area contributed by atoms with Gasteiger partial charge in [-0.1, -0.05) is 77.8 Å². The molecule has 3 nitrogen and oxygen atoms in total. The van der Waals surface area contributed by atoms with E-state index < -0.39 is 0 Å². The Bertz CT molecular complexity index is 1250. The van der Waals surface area contributed by atoms with Gasteiger partial charge in [0.15, 0.2) is 0 Å². The summed E-state index contributed by atoms with van der Waals surface area (Å²) in [5.41, 5.74) is 6.38. The van der Waals surface area contributed by atoms with Gasteiger partial charge in [-0.15, -0.1) is 0 Å². The molecule has 156 valence electrons. The lowest BCUT2D eigenvalue weighted by Gasteiger charge is -2.16. The fourth-order valence-corrected chi connectivity index (χ4v) is 4.07. The molecule has 0 radical (unpaired) electrons. The highest BCUT2D eigenvalue weighted by Crippen LogP contribution is 2.30. The number of halogens is 1. The van der Waals surface area contributed by atoms with Crippen LogP contribution in [0.1, 0.15) is 47.7 Å². The lowest BCUT2D eigenvalue weighted by atomic mass is 9.96. The maximum absolute atomic E-state index is 13.5. The van der Waals surface area contributed by atoms with Crippen molar-refractivity contribution in [3.63, 3.8) is 0 Å². The third-order valence-corrected chi connectivity index (χ3v) is 6.21. The lowest BCUT2D eigenvalue weighted by Crippen LogP contribution is -2.15. The van der Waals surface area contributed by atoms with Crippen LogP contribution in [0.25, 0.3) is 22.2 Å². The van der Waals surface area contributed by atoms with Crippen molar-refractivity contribution in [3.05, 3.63) is 94.0 Å². The summed E-state index contributed by atoms with van der Waals surface area (Å²) in [6, 6.07) is 24.0. The van der Waals surface area contributed by atoms with Crippen molar-refractivity contribution in [1.29, 1.82) is 0 Å². The number of rotatable bonds is 5. The largest absolute Gasteiger partial charge is 0.322 e. The minimum atomic E-state index is -0.130. The Labute approximate surface area is 191 Å². The number of nitrogens with one attached hydrogen (secondary N) is 1. The number of aromatic nitrogens is 1. The first kappa shape index (κ1) is 21.3. The van der Waals surface area contributed by atoms with Gasteiger partial charge in [-0.2, -0.15) is 0 Å². The first-order chi connectivity index (χ1) is 15.0. The number of nitrogens with zero attached hydrogens (tertiary/aromatic N) is 1. The Morgan fingerprint density at radius 3 is 2.52 bits per heavy atom. The van der Waals surface area contributed by atoms with E-state index in [1.54, 1.807) is 0 Å². The summed E-state index contributed by atoms with van der Waals surface area (Å²) in [5, 5.41) is 3.98. The molecule has 1 unspecified atom stereocenters. The van der Waals surface area contributed by atoms with Crippen LogP contribution in [0.3, 0.4) is 0 Å². The quantitative estimate of drug-likeness (QED) is 0.322. The van der Waals surface area contributed by atoms with E-state index in [-0.39, 0.29) is 5.91 Å². The molecular formula is C27H25BrN2O. The van der Waals surface area contributed by atoms with Gasteiger partial charge in [0, 0.05) is 21.1 Å². The topological polar surface area (TPSA) is 42.0 Å². The average Bonchev–Trinajstić information content (AvgIpc) is 2.78. The van der Waals surface area contributed by atoms with Crippen LogP contribution in [-0.4, -0.2) is 10.9 Å². The number of carbonyl (C=O) groups excluding carboxylic acids is 1. The minimum Gasteiger partial charge on any atom is -0.322 e. The molecular weight excluding hydrogens is 448 g/mol. The molecule has 0 aliphatic rings. The van der Waals surface area contributed by atoms with Crippen molar-refractivity contribution in [2.24, 2.45) is 0 Å². The predicted octanol–water partition coefficient (Wildman–Crippen LogP) is 7.74. The molecule has 1 aromatic heterocycles. The molecule has 4 heteroatoms. The standard InChI is InChI=1S/C27H25BrN2O/c1-4-18(3)21-7-5-6-8-24(21)30-27(31)23-16-26(19-11-9-17(2)10-12-19)29-25-14-13-20(28)15-22(23)25/h5-16,18H,4H2,1-3H3,(H,30,31). The highest BCUT2D eigenvalue weighted by Gasteiger charge is 2.17. The van der Waals surface area contributed by atoms with Crippen molar-refractivity contribution < 1.29 is 4.79 Å². The second-order valence-electron chi connectivity index (χ2n) is 7.93. The van der Waals surface area contributed by atoms with Gasteiger partial charge < -0.3 is 5.32 Å². The van der Waals surface area contributed by atoms with E-state index in [1.165, 1.54) is 5.56 Å². The number of fused-ring (bicyclic) bond motifs is 1. The second-order valence-corrected chi connectivity index (χ2v) is 8.85. The van der Waals surface area contributed by atoms with Gasteiger partial charge in [-0.25, -0.2) is 4.98 Å². The zero-order valence-corrected chi connectivity index (χ0v) is 19.5. The lowest BCUT2D eigenvalue weighted by molar-refractivity contribution is 0.102. The fourth-order valence-electron chi connectivity index (χ4n) is 3.71. The van der Waals surface area contributed by atoms with E-state index in [9.17, 15) is 4.79 Å². The second kappa shape index (κ2) is 9.03. The van der Waals surface area contributed by atoms with Crippen molar-refractivity contribution in [3.8, 4) is 11.3 Å². The molecule has 0 saturated heterocycles. The number of benzene rings is 3. The maximum atomic E-state index is 13.5. The van der Waals surface area contributed by atoms with Crippen LogP contribution < -0.4 is 5.32 Å². The Balaban J connectivity index is 1.81. The number of hydrogen-bond donors (Lipinski definition) is 1. The Morgan fingerprint density at radius 1 is 1.03 bits per heavy atom.